The SMILES string of the molecule is C1=CC2CC1c1ccccc12.Nc1ccccc1.O=Cc1cccc(C=O)c1. The summed E-state index contributed by atoms with van der Waals surface area (Å²) in [6.07, 6.45) is 7.47. The first kappa shape index (κ1) is 19.3. The largest absolute Gasteiger partial charge is 0.399 e. The van der Waals surface area contributed by atoms with Crippen molar-refractivity contribution in [2.24, 2.45) is 0 Å². The lowest BCUT2D eigenvalue weighted by atomic mass is 9.97. The van der Waals surface area contributed by atoms with Crippen LogP contribution < -0.4 is 5.73 Å². The number of anilines is 1. The summed E-state index contributed by atoms with van der Waals surface area (Å²) in [5, 5.41) is 0. The minimum Gasteiger partial charge on any atom is -0.399 e. The first-order chi connectivity index (χ1) is 13.7. The highest BCUT2D eigenvalue weighted by Gasteiger charge is 2.31. The van der Waals surface area contributed by atoms with Crippen molar-refractivity contribution in [3.05, 3.63) is 113 Å². The van der Waals surface area contributed by atoms with Crippen molar-refractivity contribution in [2.45, 2.75) is 18.3 Å². The van der Waals surface area contributed by atoms with Crippen LogP contribution in [0, 0.1) is 0 Å². The summed E-state index contributed by atoms with van der Waals surface area (Å²) < 4.78 is 0. The fourth-order valence-electron chi connectivity index (χ4n) is 3.51. The molecule has 28 heavy (non-hydrogen) atoms. The maximum atomic E-state index is 10.2. The lowest BCUT2D eigenvalue weighted by Crippen LogP contribution is -1.90. The second kappa shape index (κ2) is 9.47. The van der Waals surface area contributed by atoms with E-state index in [4.69, 9.17) is 5.73 Å². The predicted octanol–water partition coefficient (Wildman–Crippen LogP) is 5.41. The summed E-state index contributed by atoms with van der Waals surface area (Å²) in [4.78, 5) is 20.3. The number of rotatable bonds is 2. The van der Waals surface area contributed by atoms with Crippen LogP contribution in [0.25, 0.3) is 0 Å². The summed E-state index contributed by atoms with van der Waals surface area (Å²) in [6.45, 7) is 0. The van der Waals surface area contributed by atoms with Gasteiger partial charge in [0.25, 0.3) is 0 Å². The molecule has 0 saturated carbocycles. The summed E-state index contributed by atoms with van der Waals surface area (Å²) in [7, 11) is 0. The number of allylic oxidation sites excluding steroid dienone is 2. The first-order valence-corrected chi connectivity index (χ1v) is 9.29. The molecule has 0 aliphatic heterocycles. The Bertz CT molecular complexity index is 909. The molecule has 2 unspecified atom stereocenters. The monoisotopic (exact) mass is 369 g/mol. The summed E-state index contributed by atoms with van der Waals surface area (Å²) in [5.41, 5.74) is 10.4. The Morgan fingerprint density at radius 1 is 0.679 bits per heavy atom. The molecule has 140 valence electrons. The zero-order valence-electron chi connectivity index (χ0n) is 15.6. The summed E-state index contributed by atoms with van der Waals surface area (Å²) >= 11 is 0. The molecule has 3 nitrogen and oxygen atoms in total. The van der Waals surface area contributed by atoms with E-state index in [0.717, 1.165) is 17.5 Å². The van der Waals surface area contributed by atoms with Crippen LogP contribution in [0.1, 0.15) is 50.1 Å². The van der Waals surface area contributed by atoms with Crippen LogP contribution in [0.2, 0.25) is 0 Å². The molecule has 0 amide bonds. The van der Waals surface area contributed by atoms with Crippen molar-refractivity contribution < 1.29 is 9.59 Å². The van der Waals surface area contributed by atoms with Crippen LogP contribution >= 0.6 is 0 Å². The zero-order valence-corrected chi connectivity index (χ0v) is 15.6. The van der Waals surface area contributed by atoms with Gasteiger partial charge >= 0.3 is 0 Å². The van der Waals surface area contributed by atoms with E-state index in [1.807, 2.05) is 30.3 Å². The molecule has 0 saturated heterocycles. The smallest absolute Gasteiger partial charge is 0.150 e. The molecule has 2 N–H and O–H groups in total. The van der Waals surface area contributed by atoms with Gasteiger partial charge in [-0.05, 0) is 35.7 Å². The van der Waals surface area contributed by atoms with Gasteiger partial charge < -0.3 is 5.73 Å². The third-order valence-corrected chi connectivity index (χ3v) is 4.86. The minimum atomic E-state index is 0.532. The van der Waals surface area contributed by atoms with Crippen molar-refractivity contribution in [3.8, 4) is 0 Å². The van der Waals surface area contributed by atoms with Gasteiger partial charge in [-0.2, -0.15) is 0 Å². The number of nitrogens with two attached hydrogens (primary N) is 1. The Kier molecular flexibility index (Phi) is 6.53. The first-order valence-electron chi connectivity index (χ1n) is 9.29. The standard InChI is InChI=1S/C11H10.C8H6O2.C6H7N/c1-2-4-11-9-6-5-8(7-9)10(11)3-1;9-5-7-2-1-3-8(4-7)6-10;7-6-4-2-1-3-5-6/h1-6,8-9H,7H2;1-6H;1-5H,7H2. The maximum Gasteiger partial charge on any atom is 0.150 e. The fraction of sp³-hybridized carbons (Fsp3) is 0.120. The van der Waals surface area contributed by atoms with Crippen LogP contribution in [-0.4, -0.2) is 12.6 Å². The third kappa shape index (κ3) is 4.83. The topological polar surface area (TPSA) is 60.2 Å². The highest BCUT2D eigenvalue weighted by atomic mass is 16.1. The number of benzene rings is 3. The second-order valence-electron chi connectivity index (χ2n) is 6.78. The average molecular weight is 369 g/mol. The zero-order chi connectivity index (χ0) is 19.8. The molecular weight excluding hydrogens is 346 g/mol. The van der Waals surface area contributed by atoms with Gasteiger partial charge in [-0.3, -0.25) is 9.59 Å². The van der Waals surface area contributed by atoms with Crippen LogP contribution in [0.5, 0.6) is 0 Å². The van der Waals surface area contributed by atoms with Crippen molar-refractivity contribution in [1.82, 2.24) is 0 Å². The Labute approximate surface area is 165 Å². The van der Waals surface area contributed by atoms with E-state index in [0.29, 0.717) is 23.7 Å². The van der Waals surface area contributed by atoms with E-state index in [2.05, 4.69) is 36.4 Å². The molecule has 3 aromatic carbocycles. The number of fused-ring (bicyclic) bond motifs is 5. The van der Waals surface area contributed by atoms with E-state index in [1.165, 1.54) is 6.42 Å². The van der Waals surface area contributed by atoms with Gasteiger partial charge in [0.2, 0.25) is 0 Å². The molecule has 5 rings (SSSR count). The molecule has 3 heteroatoms. The quantitative estimate of drug-likeness (QED) is 0.373. The second-order valence-corrected chi connectivity index (χ2v) is 6.78. The van der Waals surface area contributed by atoms with Crippen molar-refractivity contribution in [3.63, 3.8) is 0 Å². The van der Waals surface area contributed by atoms with Crippen molar-refractivity contribution in [2.75, 3.05) is 5.73 Å². The Morgan fingerprint density at radius 3 is 1.61 bits per heavy atom. The van der Waals surface area contributed by atoms with E-state index in [-0.39, 0.29) is 0 Å². The molecule has 0 heterocycles. The van der Waals surface area contributed by atoms with Crippen LogP contribution in [0.4, 0.5) is 5.69 Å². The van der Waals surface area contributed by atoms with E-state index in [9.17, 15) is 9.59 Å². The number of nitrogen functional groups attached to an aromatic ring is 1. The van der Waals surface area contributed by atoms with Crippen LogP contribution in [-0.2, 0) is 0 Å². The number of aldehydes is 2. The van der Waals surface area contributed by atoms with Crippen LogP contribution in [0.3, 0.4) is 0 Å². The molecule has 2 bridgehead atoms. The fourth-order valence-corrected chi connectivity index (χ4v) is 3.51. The number of hydrogen-bond acceptors (Lipinski definition) is 3. The number of carbonyl (C=O) groups is 2. The molecule has 0 aromatic heterocycles. The highest BCUT2D eigenvalue weighted by molar-refractivity contribution is 5.81. The van der Waals surface area contributed by atoms with Crippen LogP contribution in [0.15, 0.2) is 91.0 Å². The van der Waals surface area contributed by atoms with Gasteiger partial charge in [-0.25, -0.2) is 0 Å². The van der Waals surface area contributed by atoms with E-state index >= 15 is 0 Å². The predicted molar refractivity (Wildman–Crippen MR) is 114 cm³/mol. The number of para-hydroxylation sites is 1. The van der Waals surface area contributed by atoms with Gasteiger partial charge in [0.05, 0.1) is 0 Å². The summed E-state index contributed by atoms with van der Waals surface area (Å²) in [6, 6.07) is 24.8. The molecule has 0 radical (unpaired) electrons. The van der Waals surface area contributed by atoms with Gasteiger partial charge in [-0.15, -0.1) is 0 Å². The van der Waals surface area contributed by atoms with E-state index in [1.54, 1.807) is 35.4 Å². The Hall–Kier alpha value is -3.46. The molecule has 0 fully saturated rings. The highest BCUT2D eigenvalue weighted by Crippen LogP contribution is 2.47. The molecular formula is C25H23NO2. The molecule has 2 aliphatic carbocycles. The third-order valence-electron chi connectivity index (χ3n) is 4.86. The van der Waals surface area contributed by atoms with Crippen molar-refractivity contribution in [1.29, 1.82) is 0 Å². The average Bonchev–Trinajstić information content (AvgIpc) is 3.38. The molecule has 2 atom stereocenters. The molecule has 0 spiro atoms. The number of hydrogen-bond donors (Lipinski definition) is 1. The van der Waals surface area contributed by atoms with Crippen molar-refractivity contribution >= 4 is 18.3 Å². The van der Waals surface area contributed by atoms with Gasteiger partial charge in [0.15, 0.2) is 0 Å². The summed E-state index contributed by atoms with van der Waals surface area (Å²) in [5.74, 6) is 1.49. The Morgan fingerprint density at radius 2 is 1.18 bits per heavy atom. The maximum absolute atomic E-state index is 10.2. The van der Waals surface area contributed by atoms with Gasteiger partial charge in [0, 0.05) is 28.7 Å². The lowest BCUT2D eigenvalue weighted by molar-refractivity contribution is 0.112. The lowest BCUT2D eigenvalue weighted by Gasteiger charge is -2.08. The van der Waals surface area contributed by atoms with Gasteiger partial charge in [0.1, 0.15) is 12.6 Å². The molecule has 3 aromatic rings. The van der Waals surface area contributed by atoms with E-state index < -0.39 is 0 Å². The minimum absolute atomic E-state index is 0.532. The van der Waals surface area contributed by atoms with Gasteiger partial charge in [-0.1, -0.05) is 72.8 Å². The number of carbonyl (C=O) groups excluding carboxylic acids is 2. The Balaban J connectivity index is 0.000000124. The molecule has 2 aliphatic rings. The normalized spacial score (nSPS) is 17.4.